The summed E-state index contributed by atoms with van der Waals surface area (Å²) in [5.41, 5.74) is 1.86. The van der Waals surface area contributed by atoms with Crippen molar-refractivity contribution in [2.24, 2.45) is 0 Å². The fourth-order valence-electron chi connectivity index (χ4n) is 2.00. The van der Waals surface area contributed by atoms with Gasteiger partial charge in [0.1, 0.15) is 12.4 Å². The average molecular weight is 323 g/mol. The molecular formula is C20H21NO3. The van der Waals surface area contributed by atoms with Crippen LogP contribution in [0.4, 0.5) is 4.79 Å². The molecular weight excluding hydrogens is 302 g/mol. The van der Waals surface area contributed by atoms with Gasteiger partial charge >= 0.3 is 6.09 Å². The van der Waals surface area contributed by atoms with E-state index in [4.69, 9.17) is 9.47 Å². The third-order valence-corrected chi connectivity index (χ3v) is 3.11. The molecule has 0 saturated heterocycles. The maximum absolute atomic E-state index is 11.6. The zero-order chi connectivity index (χ0) is 17.0. The number of rotatable bonds is 6. The summed E-state index contributed by atoms with van der Waals surface area (Å²) < 4.78 is 10.5. The number of amides is 1. The van der Waals surface area contributed by atoms with Crippen LogP contribution in [0.2, 0.25) is 0 Å². The van der Waals surface area contributed by atoms with Crippen LogP contribution in [0.3, 0.4) is 0 Å². The first-order chi connectivity index (χ1) is 11.8. The zero-order valence-electron chi connectivity index (χ0n) is 13.7. The molecule has 0 fully saturated rings. The molecule has 0 aliphatic rings. The highest BCUT2D eigenvalue weighted by Gasteiger charge is 2.00. The molecule has 4 nitrogen and oxygen atoms in total. The minimum atomic E-state index is -0.431. The maximum Gasteiger partial charge on any atom is 0.407 e. The molecule has 24 heavy (non-hydrogen) atoms. The number of alkyl carbamates (subject to hydrolysis) is 1. The van der Waals surface area contributed by atoms with Crippen molar-refractivity contribution in [2.45, 2.75) is 20.0 Å². The van der Waals surface area contributed by atoms with Gasteiger partial charge in [-0.05, 0) is 30.7 Å². The topological polar surface area (TPSA) is 47.6 Å². The Balaban J connectivity index is 1.67. The molecule has 0 heterocycles. The minimum absolute atomic E-state index is 0.266. The molecule has 0 radical (unpaired) electrons. The second-order valence-corrected chi connectivity index (χ2v) is 5.00. The first-order valence-electron chi connectivity index (χ1n) is 7.94. The van der Waals surface area contributed by atoms with E-state index >= 15 is 0 Å². The third-order valence-electron chi connectivity index (χ3n) is 3.11. The lowest BCUT2D eigenvalue weighted by atomic mass is 10.2. The molecule has 1 amide bonds. The standard InChI is InChI=1S/C20H21NO3/c1-2-23-19-13-8-12-17(15-19)9-6-7-14-21-20(22)24-16-18-10-4-3-5-11-18/h3-5,8,10-13,15H,2,7,14,16H2,1H3,(H,21,22). The molecule has 0 aliphatic heterocycles. The number of hydrogen-bond acceptors (Lipinski definition) is 3. The van der Waals surface area contributed by atoms with Crippen molar-refractivity contribution in [1.29, 1.82) is 0 Å². The van der Waals surface area contributed by atoms with E-state index in [0.717, 1.165) is 16.9 Å². The van der Waals surface area contributed by atoms with Crippen LogP contribution in [0.25, 0.3) is 0 Å². The van der Waals surface area contributed by atoms with E-state index < -0.39 is 6.09 Å². The molecule has 0 aromatic heterocycles. The van der Waals surface area contributed by atoms with Crippen molar-refractivity contribution in [2.75, 3.05) is 13.2 Å². The molecule has 0 aliphatic carbocycles. The van der Waals surface area contributed by atoms with E-state index in [-0.39, 0.29) is 6.61 Å². The van der Waals surface area contributed by atoms with Crippen LogP contribution in [-0.2, 0) is 11.3 Å². The molecule has 2 aromatic carbocycles. The van der Waals surface area contributed by atoms with Crippen LogP contribution >= 0.6 is 0 Å². The highest BCUT2D eigenvalue weighted by molar-refractivity contribution is 5.67. The fraction of sp³-hybridized carbons (Fsp3) is 0.250. The van der Waals surface area contributed by atoms with Gasteiger partial charge < -0.3 is 14.8 Å². The minimum Gasteiger partial charge on any atom is -0.494 e. The molecule has 0 spiro atoms. The van der Waals surface area contributed by atoms with Gasteiger partial charge in [-0.1, -0.05) is 48.2 Å². The van der Waals surface area contributed by atoms with Gasteiger partial charge in [0.05, 0.1) is 6.61 Å². The Kier molecular flexibility index (Phi) is 7.23. The SMILES string of the molecule is CCOc1cccc(C#CCCNC(=O)OCc2ccccc2)c1. The van der Waals surface area contributed by atoms with E-state index in [2.05, 4.69) is 17.2 Å². The molecule has 124 valence electrons. The first-order valence-corrected chi connectivity index (χ1v) is 7.94. The van der Waals surface area contributed by atoms with Crippen LogP contribution in [-0.4, -0.2) is 19.2 Å². The lowest BCUT2D eigenvalue weighted by Crippen LogP contribution is -2.24. The van der Waals surface area contributed by atoms with Gasteiger partial charge in [0.2, 0.25) is 0 Å². The summed E-state index contributed by atoms with van der Waals surface area (Å²) in [5.74, 6) is 6.89. The van der Waals surface area contributed by atoms with Crippen LogP contribution in [0, 0.1) is 11.8 Å². The van der Waals surface area contributed by atoms with Crippen molar-refractivity contribution in [3.63, 3.8) is 0 Å². The van der Waals surface area contributed by atoms with E-state index in [1.807, 2.05) is 61.5 Å². The van der Waals surface area contributed by atoms with Crippen molar-refractivity contribution < 1.29 is 14.3 Å². The predicted octanol–water partition coefficient (Wildman–Crippen LogP) is 3.75. The number of benzene rings is 2. The highest BCUT2D eigenvalue weighted by atomic mass is 16.5. The summed E-state index contributed by atoms with van der Waals surface area (Å²) in [5, 5.41) is 2.68. The summed E-state index contributed by atoms with van der Waals surface area (Å²) >= 11 is 0. The van der Waals surface area contributed by atoms with Gasteiger partial charge in [0, 0.05) is 18.5 Å². The van der Waals surface area contributed by atoms with E-state index in [1.165, 1.54) is 0 Å². The normalized spacial score (nSPS) is 9.54. The smallest absolute Gasteiger partial charge is 0.407 e. The Morgan fingerprint density at radius 1 is 1.12 bits per heavy atom. The summed E-state index contributed by atoms with van der Waals surface area (Å²) in [4.78, 5) is 11.6. The molecule has 2 rings (SSSR count). The fourth-order valence-corrected chi connectivity index (χ4v) is 2.00. The Morgan fingerprint density at radius 2 is 1.96 bits per heavy atom. The van der Waals surface area contributed by atoms with Gasteiger partial charge in [-0.2, -0.15) is 0 Å². The highest BCUT2D eigenvalue weighted by Crippen LogP contribution is 2.12. The Bertz CT molecular complexity index is 702. The van der Waals surface area contributed by atoms with Crippen molar-refractivity contribution in [3.05, 3.63) is 65.7 Å². The third kappa shape index (κ3) is 6.45. The largest absolute Gasteiger partial charge is 0.494 e. The van der Waals surface area contributed by atoms with Gasteiger partial charge in [-0.3, -0.25) is 0 Å². The van der Waals surface area contributed by atoms with Gasteiger partial charge in [-0.15, -0.1) is 0 Å². The molecule has 1 N–H and O–H groups in total. The Hall–Kier alpha value is -2.93. The molecule has 0 saturated carbocycles. The summed E-state index contributed by atoms with van der Waals surface area (Å²) in [7, 11) is 0. The summed E-state index contributed by atoms with van der Waals surface area (Å²) in [6.45, 7) is 3.29. The molecule has 0 unspecified atom stereocenters. The lowest BCUT2D eigenvalue weighted by molar-refractivity contribution is 0.140. The average Bonchev–Trinajstić information content (AvgIpc) is 2.61. The number of carbonyl (C=O) groups is 1. The Morgan fingerprint density at radius 3 is 2.75 bits per heavy atom. The number of nitrogens with one attached hydrogen (secondary N) is 1. The van der Waals surface area contributed by atoms with Gasteiger partial charge in [0.15, 0.2) is 0 Å². The van der Waals surface area contributed by atoms with E-state index in [1.54, 1.807) is 0 Å². The molecule has 0 atom stereocenters. The van der Waals surface area contributed by atoms with Crippen LogP contribution in [0.1, 0.15) is 24.5 Å². The van der Waals surface area contributed by atoms with Crippen molar-refractivity contribution in [3.8, 4) is 17.6 Å². The zero-order valence-corrected chi connectivity index (χ0v) is 13.7. The number of ether oxygens (including phenoxy) is 2. The van der Waals surface area contributed by atoms with E-state index in [0.29, 0.717) is 19.6 Å². The monoisotopic (exact) mass is 323 g/mol. The van der Waals surface area contributed by atoms with Crippen LogP contribution in [0.5, 0.6) is 5.75 Å². The summed E-state index contributed by atoms with van der Waals surface area (Å²) in [6, 6.07) is 17.2. The van der Waals surface area contributed by atoms with Gasteiger partial charge in [-0.25, -0.2) is 4.79 Å². The Labute approximate surface area is 142 Å². The lowest BCUT2D eigenvalue weighted by Gasteiger charge is -2.05. The second kappa shape index (κ2) is 9.96. The maximum atomic E-state index is 11.6. The number of carbonyl (C=O) groups excluding carboxylic acids is 1. The quantitative estimate of drug-likeness (QED) is 0.650. The molecule has 2 aromatic rings. The van der Waals surface area contributed by atoms with Gasteiger partial charge in [0.25, 0.3) is 0 Å². The molecule has 0 bridgehead atoms. The van der Waals surface area contributed by atoms with Crippen LogP contribution < -0.4 is 10.1 Å². The summed E-state index contributed by atoms with van der Waals surface area (Å²) in [6.07, 6.45) is 0.123. The van der Waals surface area contributed by atoms with E-state index in [9.17, 15) is 4.79 Å². The van der Waals surface area contributed by atoms with Crippen molar-refractivity contribution >= 4 is 6.09 Å². The second-order valence-electron chi connectivity index (χ2n) is 5.00. The predicted molar refractivity (Wildman–Crippen MR) is 93.7 cm³/mol. The van der Waals surface area contributed by atoms with Crippen molar-refractivity contribution in [1.82, 2.24) is 5.32 Å². The number of hydrogen-bond donors (Lipinski definition) is 1. The molecule has 4 heteroatoms. The first kappa shape index (κ1) is 17.4. The van der Waals surface area contributed by atoms with Crippen LogP contribution in [0.15, 0.2) is 54.6 Å².